The summed E-state index contributed by atoms with van der Waals surface area (Å²) in [5, 5.41) is 10.9. The number of hydrogen-bond donors (Lipinski definition) is 1. The van der Waals surface area contributed by atoms with Crippen LogP contribution in [0.5, 0.6) is 0 Å². The van der Waals surface area contributed by atoms with Crippen LogP contribution in [0.3, 0.4) is 0 Å². The van der Waals surface area contributed by atoms with Gasteiger partial charge in [0.15, 0.2) is 0 Å². The molecule has 0 amide bonds. The lowest BCUT2D eigenvalue weighted by Gasteiger charge is -2.11. The Kier molecular flexibility index (Phi) is 2.40. The molecule has 1 aromatic heterocycles. The molecule has 0 radical (unpaired) electrons. The fourth-order valence-electron chi connectivity index (χ4n) is 1.10. The van der Waals surface area contributed by atoms with Gasteiger partial charge in [0.05, 0.1) is 6.04 Å². The maximum Gasteiger partial charge on any atom is 0.240 e. The van der Waals surface area contributed by atoms with E-state index in [4.69, 9.17) is 5.73 Å². The third-order valence-corrected chi connectivity index (χ3v) is 1.81. The molecular formula is C6H13N5. The van der Waals surface area contributed by atoms with Gasteiger partial charge in [0, 0.05) is 0 Å². The first kappa shape index (κ1) is 7.97. The van der Waals surface area contributed by atoms with Gasteiger partial charge in [-0.2, -0.15) is 0 Å². The van der Waals surface area contributed by atoms with Crippen molar-refractivity contribution in [2.24, 2.45) is 0 Å². The third kappa shape index (κ3) is 1.47. The number of aromatic nitrogens is 4. The van der Waals surface area contributed by atoms with E-state index in [0.717, 1.165) is 12.8 Å². The van der Waals surface area contributed by atoms with Crippen molar-refractivity contribution >= 4 is 5.95 Å². The van der Waals surface area contributed by atoms with E-state index >= 15 is 0 Å². The maximum atomic E-state index is 5.52. The molecule has 0 fully saturated rings. The van der Waals surface area contributed by atoms with Crippen molar-refractivity contribution in [3.05, 3.63) is 0 Å². The SMILES string of the molecule is CCC(CC)n1nnnc1N. The number of nitrogens with two attached hydrogens (primary N) is 1. The molecule has 62 valence electrons. The fourth-order valence-corrected chi connectivity index (χ4v) is 1.10. The normalized spacial score (nSPS) is 10.8. The molecule has 0 saturated carbocycles. The second-order valence-electron chi connectivity index (χ2n) is 2.45. The quantitative estimate of drug-likeness (QED) is 0.694. The summed E-state index contributed by atoms with van der Waals surface area (Å²) in [6, 6.07) is 0.338. The average Bonchev–Trinajstić information content (AvgIpc) is 2.40. The van der Waals surface area contributed by atoms with Crippen LogP contribution >= 0.6 is 0 Å². The van der Waals surface area contributed by atoms with Crippen LogP contribution in [0.25, 0.3) is 0 Å². The monoisotopic (exact) mass is 155 g/mol. The number of rotatable bonds is 3. The molecule has 5 heteroatoms. The average molecular weight is 155 g/mol. The Hall–Kier alpha value is -1.13. The molecule has 0 unspecified atom stereocenters. The van der Waals surface area contributed by atoms with E-state index in [0.29, 0.717) is 12.0 Å². The van der Waals surface area contributed by atoms with Crippen molar-refractivity contribution in [1.82, 2.24) is 20.2 Å². The Bertz CT molecular complexity index is 215. The van der Waals surface area contributed by atoms with E-state index in [1.54, 1.807) is 4.68 Å². The van der Waals surface area contributed by atoms with Gasteiger partial charge in [-0.15, -0.1) is 0 Å². The van der Waals surface area contributed by atoms with Crippen molar-refractivity contribution in [2.45, 2.75) is 32.7 Å². The molecule has 0 bridgehead atoms. The Morgan fingerprint density at radius 3 is 2.45 bits per heavy atom. The molecule has 0 aliphatic carbocycles. The molecule has 1 heterocycles. The van der Waals surface area contributed by atoms with Gasteiger partial charge < -0.3 is 5.73 Å². The van der Waals surface area contributed by atoms with E-state index in [1.165, 1.54) is 0 Å². The van der Waals surface area contributed by atoms with Crippen molar-refractivity contribution in [1.29, 1.82) is 0 Å². The largest absolute Gasteiger partial charge is 0.367 e. The summed E-state index contributed by atoms with van der Waals surface area (Å²) in [6.45, 7) is 4.19. The van der Waals surface area contributed by atoms with E-state index in [1.807, 2.05) is 0 Å². The zero-order chi connectivity index (χ0) is 8.27. The van der Waals surface area contributed by atoms with Crippen LogP contribution in [0.15, 0.2) is 0 Å². The van der Waals surface area contributed by atoms with E-state index < -0.39 is 0 Å². The minimum Gasteiger partial charge on any atom is -0.367 e. The van der Waals surface area contributed by atoms with Crippen LogP contribution in [0.2, 0.25) is 0 Å². The lowest BCUT2D eigenvalue weighted by molar-refractivity contribution is 0.423. The molecule has 0 aliphatic rings. The third-order valence-electron chi connectivity index (χ3n) is 1.81. The summed E-state index contributed by atoms with van der Waals surface area (Å²) in [5.41, 5.74) is 5.52. The number of nitrogen functional groups attached to an aromatic ring is 1. The van der Waals surface area contributed by atoms with Crippen molar-refractivity contribution < 1.29 is 0 Å². The van der Waals surface area contributed by atoms with Crippen LogP contribution in [0.1, 0.15) is 32.7 Å². The topological polar surface area (TPSA) is 69.6 Å². The lowest BCUT2D eigenvalue weighted by Crippen LogP contribution is -2.11. The first-order valence-corrected chi connectivity index (χ1v) is 3.82. The summed E-state index contributed by atoms with van der Waals surface area (Å²) in [7, 11) is 0. The molecule has 11 heavy (non-hydrogen) atoms. The lowest BCUT2D eigenvalue weighted by atomic mass is 10.2. The van der Waals surface area contributed by atoms with Crippen molar-refractivity contribution in [3.63, 3.8) is 0 Å². The summed E-state index contributed by atoms with van der Waals surface area (Å²) in [4.78, 5) is 0. The van der Waals surface area contributed by atoms with Crippen LogP contribution in [-0.4, -0.2) is 20.2 Å². The Balaban J connectivity index is 2.81. The van der Waals surface area contributed by atoms with Gasteiger partial charge in [0.2, 0.25) is 5.95 Å². The summed E-state index contributed by atoms with van der Waals surface area (Å²) >= 11 is 0. The highest BCUT2D eigenvalue weighted by Crippen LogP contribution is 2.15. The van der Waals surface area contributed by atoms with Crippen molar-refractivity contribution in [3.8, 4) is 0 Å². The van der Waals surface area contributed by atoms with Gasteiger partial charge in [0.1, 0.15) is 0 Å². The molecule has 0 spiro atoms. The van der Waals surface area contributed by atoms with Gasteiger partial charge in [-0.1, -0.05) is 18.9 Å². The zero-order valence-corrected chi connectivity index (χ0v) is 6.86. The highest BCUT2D eigenvalue weighted by molar-refractivity contribution is 5.11. The smallest absolute Gasteiger partial charge is 0.240 e. The molecule has 1 rings (SSSR count). The molecule has 0 aromatic carbocycles. The second kappa shape index (κ2) is 3.32. The van der Waals surface area contributed by atoms with Gasteiger partial charge in [-0.25, -0.2) is 4.68 Å². The van der Waals surface area contributed by atoms with Crippen LogP contribution in [0, 0.1) is 0 Å². The van der Waals surface area contributed by atoms with Crippen LogP contribution in [0.4, 0.5) is 5.95 Å². The van der Waals surface area contributed by atoms with Crippen LogP contribution in [-0.2, 0) is 0 Å². The van der Waals surface area contributed by atoms with Gasteiger partial charge >= 0.3 is 0 Å². The highest BCUT2D eigenvalue weighted by atomic mass is 15.6. The Morgan fingerprint density at radius 1 is 1.45 bits per heavy atom. The predicted octanol–water partition coefficient (Wildman–Crippen LogP) is 0.616. The standard InChI is InChI=1S/C6H13N5/c1-3-5(4-2)11-6(7)8-9-10-11/h5H,3-4H2,1-2H3,(H2,7,8,10). The Labute approximate surface area is 65.6 Å². The molecule has 0 aliphatic heterocycles. The minimum absolute atomic E-state index is 0.338. The summed E-state index contributed by atoms with van der Waals surface area (Å²) in [5.74, 6) is 0.402. The maximum absolute atomic E-state index is 5.52. The molecule has 0 atom stereocenters. The van der Waals surface area contributed by atoms with Gasteiger partial charge in [-0.3, -0.25) is 0 Å². The fraction of sp³-hybridized carbons (Fsp3) is 0.833. The summed E-state index contributed by atoms with van der Waals surface area (Å²) < 4.78 is 1.67. The molecule has 1 aromatic rings. The number of nitrogens with zero attached hydrogens (tertiary/aromatic N) is 4. The first-order chi connectivity index (χ1) is 5.29. The Morgan fingerprint density at radius 2 is 2.09 bits per heavy atom. The number of anilines is 1. The molecule has 0 saturated heterocycles. The molecular weight excluding hydrogens is 142 g/mol. The molecule has 2 N–H and O–H groups in total. The van der Waals surface area contributed by atoms with Gasteiger partial charge in [0.25, 0.3) is 0 Å². The molecule has 5 nitrogen and oxygen atoms in total. The number of hydrogen-bond acceptors (Lipinski definition) is 4. The highest BCUT2D eigenvalue weighted by Gasteiger charge is 2.10. The second-order valence-corrected chi connectivity index (χ2v) is 2.45. The van der Waals surface area contributed by atoms with E-state index in [9.17, 15) is 0 Å². The number of tetrazole rings is 1. The van der Waals surface area contributed by atoms with E-state index in [2.05, 4.69) is 29.4 Å². The minimum atomic E-state index is 0.338. The van der Waals surface area contributed by atoms with Gasteiger partial charge in [-0.05, 0) is 23.3 Å². The summed E-state index contributed by atoms with van der Waals surface area (Å²) in [6.07, 6.45) is 2.01. The van der Waals surface area contributed by atoms with Crippen LogP contribution < -0.4 is 5.73 Å². The zero-order valence-electron chi connectivity index (χ0n) is 6.86. The first-order valence-electron chi connectivity index (χ1n) is 3.82. The predicted molar refractivity (Wildman–Crippen MR) is 41.8 cm³/mol. The van der Waals surface area contributed by atoms with Crippen molar-refractivity contribution in [2.75, 3.05) is 5.73 Å². The van der Waals surface area contributed by atoms with E-state index in [-0.39, 0.29) is 0 Å².